The van der Waals surface area contributed by atoms with Gasteiger partial charge in [-0.1, -0.05) is 76.1 Å². The molecule has 5 heterocycles. The number of unbranched alkanes of at least 4 members (excludes halogenated alkanes) is 3. The Balaban J connectivity index is 1.06. The highest BCUT2D eigenvalue weighted by molar-refractivity contribution is 7.89. The quantitative estimate of drug-likeness (QED) is 0.0481. The second-order valence-corrected chi connectivity index (χ2v) is 23.2. The number of primary amides is 1. The highest BCUT2D eigenvalue weighted by Crippen LogP contribution is 2.34. The van der Waals surface area contributed by atoms with E-state index in [-0.39, 0.29) is 62.8 Å². The molecule has 75 heavy (non-hydrogen) atoms. The predicted molar refractivity (Wildman–Crippen MR) is 287 cm³/mol. The first-order valence-corrected chi connectivity index (χ1v) is 28.1. The SMILES string of the molecule is Cc1ncsc1-c1ccc(CNC(=O)[C@@H]2C[C@@H](O)CN2C(=O)[C@@H](N(Cc2cc(-c3cccc(-c4csc(NC(=O)CNC(=O)c5ccn(S(C)(=O)=O)c5)n4)c3)ccn2)C(=O)CCCCCCC(N)=O)C(C)(C)C)cc1. The van der Waals surface area contributed by atoms with Crippen LogP contribution in [0.5, 0.6) is 0 Å². The summed E-state index contributed by atoms with van der Waals surface area (Å²) >= 11 is 2.75. The van der Waals surface area contributed by atoms with Crippen molar-refractivity contribution in [1.82, 2.24) is 39.4 Å². The number of rotatable bonds is 22. The van der Waals surface area contributed by atoms with E-state index in [4.69, 9.17) is 5.73 Å². The molecule has 0 saturated carbocycles. The van der Waals surface area contributed by atoms with Crippen LogP contribution < -0.4 is 21.7 Å². The minimum atomic E-state index is -3.57. The molecule has 0 unspecified atom stereocenters. The summed E-state index contributed by atoms with van der Waals surface area (Å²) < 4.78 is 24.5. The average molecular weight is 1080 g/mol. The number of nitrogens with zero attached hydrogens (tertiary/aromatic N) is 6. The maximum Gasteiger partial charge on any atom is 0.253 e. The van der Waals surface area contributed by atoms with Gasteiger partial charge in [-0.3, -0.25) is 37.7 Å². The van der Waals surface area contributed by atoms with Crippen molar-refractivity contribution in [2.75, 3.05) is 24.7 Å². The number of anilines is 1. The van der Waals surface area contributed by atoms with Crippen LogP contribution >= 0.6 is 22.7 Å². The maximum atomic E-state index is 15.1. The number of likely N-dealkylation sites (tertiary alicyclic amines) is 1. The van der Waals surface area contributed by atoms with Gasteiger partial charge in [0.1, 0.15) is 12.1 Å². The number of aryl methyl sites for hydroxylation is 1. The lowest BCUT2D eigenvalue weighted by atomic mass is 9.84. The predicted octanol–water partition coefficient (Wildman–Crippen LogP) is 6.13. The Bertz CT molecular complexity index is 3140. The minimum absolute atomic E-state index is 0.0320. The number of nitrogens with one attached hydrogen (secondary N) is 3. The van der Waals surface area contributed by atoms with Crippen molar-refractivity contribution in [2.45, 2.75) is 104 Å². The van der Waals surface area contributed by atoms with Gasteiger partial charge in [0, 0.05) is 61.9 Å². The van der Waals surface area contributed by atoms with E-state index in [1.807, 2.05) is 88.4 Å². The van der Waals surface area contributed by atoms with E-state index < -0.39 is 57.3 Å². The van der Waals surface area contributed by atoms with Crippen molar-refractivity contribution < 1.29 is 42.3 Å². The topological polar surface area (TPSA) is 269 Å². The summed E-state index contributed by atoms with van der Waals surface area (Å²) in [5.41, 5.74) is 12.6. The lowest BCUT2D eigenvalue weighted by Crippen LogP contribution is -2.59. The van der Waals surface area contributed by atoms with Crippen LogP contribution in [-0.4, -0.2) is 115 Å². The molecule has 1 fully saturated rings. The van der Waals surface area contributed by atoms with E-state index in [0.29, 0.717) is 42.2 Å². The molecule has 0 bridgehead atoms. The van der Waals surface area contributed by atoms with Crippen molar-refractivity contribution in [2.24, 2.45) is 11.1 Å². The molecule has 0 aliphatic carbocycles. The van der Waals surface area contributed by atoms with Gasteiger partial charge in [-0.25, -0.2) is 18.4 Å². The number of carbonyl (C=O) groups excluding carboxylic acids is 6. The maximum absolute atomic E-state index is 15.1. The number of nitrogens with two attached hydrogens (primary N) is 1. The molecule has 6 amide bonds. The highest BCUT2D eigenvalue weighted by Gasteiger charge is 2.47. The van der Waals surface area contributed by atoms with Gasteiger partial charge in [-0.2, -0.15) is 0 Å². The number of benzene rings is 2. The van der Waals surface area contributed by atoms with Gasteiger partial charge in [-0.05, 0) is 71.7 Å². The Morgan fingerprint density at radius 3 is 2.29 bits per heavy atom. The summed E-state index contributed by atoms with van der Waals surface area (Å²) in [4.78, 5) is 97.9. The van der Waals surface area contributed by atoms with E-state index in [0.717, 1.165) is 54.8 Å². The number of pyridine rings is 1. The second kappa shape index (κ2) is 24.5. The summed E-state index contributed by atoms with van der Waals surface area (Å²) in [5.74, 6) is -2.71. The van der Waals surface area contributed by atoms with Crippen molar-refractivity contribution in [3.63, 3.8) is 0 Å². The Kier molecular flexibility index (Phi) is 18.1. The molecule has 22 heteroatoms. The first-order chi connectivity index (χ1) is 35.6. The number of hydrogen-bond donors (Lipinski definition) is 5. The summed E-state index contributed by atoms with van der Waals surface area (Å²) in [6, 6.07) is 18.4. The number of aromatic nitrogens is 4. The molecule has 1 aliphatic heterocycles. The number of hydrogen-bond acceptors (Lipinski definition) is 14. The normalized spacial score (nSPS) is 15.0. The fourth-order valence-corrected chi connectivity index (χ4v) is 11.0. The number of amides is 6. The van der Waals surface area contributed by atoms with Gasteiger partial charge in [0.25, 0.3) is 5.91 Å². The van der Waals surface area contributed by atoms with E-state index in [1.165, 1.54) is 28.5 Å². The number of thiazole rings is 2. The lowest BCUT2D eigenvalue weighted by molar-refractivity contribution is -0.153. The Hall–Kier alpha value is -7.14. The number of aliphatic hydroxyl groups excluding tert-OH is 1. The molecule has 396 valence electrons. The number of aliphatic hydroxyl groups is 1. The van der Waals surface area contributed by atoms with Gasteiger partial charge < -0.3 is 36.6 Å². The molecule has 2 aromatic carbocycles. The standard InChI is InChI=1S/C53H62N10O9S3/c1-33-47(74-32-58-33)35-17-15-34(16-18-35)26-56-50(69)43-25-41(64)30-62(43)51(70)48(53(2,3)4)63(46(67)14-9-7-6-8-13-44(54)65)29-40-24-37(19-21-55-40)36-11-10-12-38(23-36)42-31-73-52(59-42)60-45(66)27-57-49(68)39-20-22-61(28-39)75(5,71)72/h10-12,15-24,28,31-32,41,43,48,64H,6-9,13-14,25-27,29-30H2,1-5H3,(H2,54,65)(H,56,69)(H,57,68)(H,59,60,66)/t41-,43+,48-/m1/s1. The molecule has 7 rings (SSSR count). The van der Waals surface area contributed by atoms with Crippen molar-refractivity contribution in [3.8, 4) is 32.8 Å². The second-order valence-electron chi connectivity index (χ2n) is 19.6. The molecule has 6 N–H and O–H groups in total. The van der Waals surface area contributed by atoms with Gasteiger partial charge in [0.05, 0.1) is 58.5 Å². The Morgan fingerprint density at radius 1 is 0.893 bits per heavy atom. The molecule has 0 radical (unpaired) electrons. The monoisotopic (exact) mass is 1080 g/mol. The average Bonchev–Trinajstić information content (AvgIpc) is 4.21. The third kappa shape index (κ3) is 14.8. The van der Waals surface area contributed by atoms with E-state index >= 15 is 4.79 Å². The third-order valence-electron chi connectivity index (χ3n) is 12.7. The molecule has 19 nitrogen and oxygen atoms in total. The van der Waals surface area contributed by atoms with Crippen molar-refractivity contribution in [1.29, 1.82) is 0 Å². The highest BCUT2D eigenvalue weighted by atomic mass is 32.2. The van der Waals surface area contributed by atoms with Gasteiger partial charge in [-0.15, -0.1) is 22.7 Å². The van der Waals surface area contributed by atoms with E-state index in [9.17, 15) is 37.5 Å². The molecule has 3 atom stereocenters. The van der Waals surface area contributed by atoms with E-state index in [2.05, 4.69) is 30.9 Å². The fourth-order valence-electron chi connectivity index (χ4n) is 8.87. The zero-order chi connectivity index (χ0) is 54.0. The zero-order valence-corrected chi connectivity index (χ0v) is 44.9. The summed E-state index contributed by atoms with van der Waals surface area (Å²) in [7, 11) is -3.57. The zero-order valence-electron chi connectivity index (χ0n) is 42.4. The molecule has 1 aliphatic rings. The van der Waals surface area contributed by atoms with E-state index in [1.54, 1.807) is 33.3 Å². The Morgan fingerprint density at radius 2 is 1.61 bits per heavy atom. The summed E-state index contributed by atoms with van der Waals surface area (Å²) in [6.45, 7) is 7.24. The minimum Gasteiger partial charge on any atom is -0.391 e. The summed E-state index contributed by atoms with van der Waals surface area (Å²) in [6.07, 6.45) is 6.94. The Labute approximate surface area is 444 Å². The van der Waals surface area contributed by atoms with Crippen LogP contribution in [0, 0.1) is 12.3 Å². The van der Waals surface area contributed by atoms with Crippen LogP contribution in [0.25, 0.3) is 32.8 Å². The van der Waals surface area contributed by atoms with Gasteiger partial charge in [0.15, 0.2) is 5.13 Å². The van der Waals surface area contributed by atoms with Crippen molar-refractivity contribution in [3.05, 3.63) is 119 Å². The lowest BCUT2D eigenvalue weighted by Gasteiger charge is -2.42. The van der Waals surface area contributed by atoms with Gasteiger partial charge in [0.2, 0.25) is 39.6 Å². The molecular weight excluding hydrogens is 1020 g/mol. The van der Waals surface area contributed by atoms with Crippen LogP contribution in [0.15, 0.2) is 96.2 Å². The first-order valence-electron chi connectivity index (χ1n) is 24.5. The number of β-amino-alcohol motifs (C(OH)–C–C–N with tert-alkyl or cyclic N) is 1. The van der Waals surface area contributed by atoms with Gasteiger partial charge >= 0.3 is 0 Å². The third-order valence-corrected chi connectivity index (χ3v) is 15.4. The van der Waals surface area contributed by atoms with Crippen LogP contribution in [0.2, 0.25) is 0 Å². The fraction of sp³-hybridized carbons (Fsp3) is 0.377. The molecule has 4 aromatic heterocycles. The smallest absolute Gasteiger partial charge is 0.253 e. The first kappa shape index (κ1) is 55.6. The van der Waals surface area contributed by atoms with Crippen LogP contribution in [-0.2, 0) is 47.1 Å². The number of carbonyl (C=O) groups is 6. The summed E-state index contributed by atoms with van der Waals surface area (Å²) in [5, 5.41) is 21.2. The van der Waals surface area contributed by atoms with Crippen LogP contribution in [0.4, 0.5) is 5.13 Å². The molecule has 6 aromatic rings. The largest absolute Gasteiger partial charge is 0.391 e. The van der Waals surface area contributed by atoms with Crippen molar-refractivity contribution >= 4 is 73.3 Å². The molecule has 1 saturated heterocycles. The molecular formula is C53H62N10O9S3. The molecule has 0 spiro atoms. The van der Waals surface area contributed by atoms with Crippen LogP contribution in [0.3, 0.4) is 0 Å². The van der Waals surface area contributed by atoms with Crippen LogP contribution in [0.1, 0.15) is 93.0 Å².